The number of rotatable bonds is 17. The molecule has 3 heterocycles. The summed E-state index contributed by atoms with van der Waals surface area (Å²) < 4.78 is 177. The molecule has 5 N–H and O–H groups in total. The van der Waals surface area contributed by atoms with E-state index in [0.29, 0.717) is 16.5 Å². The summed E-state index contributed by atoms with van der Waals surface area (Å²) in [7, 11) is -7.86. The SMILES string of the molecule is CC(C)=C1OC(=O)N(c2cc(OC3CCCC3)c(Cl)cc2F)C1=O.COc1nc(C)nc(NC(=O)NS(=O)(=O)c2ccccc2CCC(F)(F)F)n1.O=C(Nc1nc(OC(F)F)cc(OC(F)F)n1)NS(=O)(=O)c1ccccc1C(=O)O. The first kappa shape index (κ1) is 64.1. The number of hydrogen-bond acceptors (Lipinski definition) is 19. The summed E-state index contributed by atoms with van der Waals surface area (Å²) in [5, 5.41) is 12.9. The molecule has 0 unspecified atom stereocenters. The van der Waals surface area contributed by atoms with Gasteiger partial charge < -0.3 is 28.8 Å². The monoisotopic (exact) mass is 1230 g/mol. The summed E-state index contributed by atoms with van der Waals surface area (Å²) in [4.78, 5) is 76.8. The summed E-state index contributed by atoms with van der Waals surface area (Å²) in [5.41, 5.74) is -0.405. The van der Waals surface area contributed by atoms with E-state index in [1.54, 1.807) is 23.9 Å². The Balaban J connectivity index is 0.000000227. The number of carbonyl (C=O) groups is 5. The predicted molar refractivity (Wildman–Crippen MR) is 266 cm³/mol. The van der Waals surface area contributed by atoms with Crippen LogP contribution in [0.15, 0.2) is 87.9 Å². The Morgan fingerprint density at radius 1 is 0.805 bits per heavy atom. The Kier molecular flexibility index (Phi) is 21.6. The second-order valence-electron chi connectivity index (χ2n) is 16.6. The molecule has 25 nitrogen and oxygen atoms in total. The zero-order valence-corrected chi connectivity index (χ0v) is 44.8. The fraction of sp³-hybridized carbons (Fsp3) is 0.304. The molecule has 0 bridgehead atoms. The van der Waals surface area contributed by atoms with E-state index in [4.69, 9.17) is 30.9 Å². The van der Waals surface area contributed by atoms with Crippen LogP contribution in [0.3, 0.4) is 0 Å². The van der Waals surface area contributed by atoms with E-state index < -0.39 is 121 Å². The number of allylic oxidation sites excluding steroid dienone is 1. The van der Waals surface area contributed by atoms with Crippen LogP contribution in [0.5, 0.6) is 23.5 Å². The molecule has 82 heavy (non-hydrogen) atoms. The van der Waals surface area contributed by atoms with Crippen LogP contribution < -0.4 is 43.9 Å². The minimum atomic E-state index is -4.71. The number of cyclic esters (lactones) is 1. The molecule has 2 aliphatic rings. The Bertz CT molecular complexity index is 3440. The molecule has 0 atom stereocenters. The van der Waals surface area contributed by atoms with Crippen molar-refractivity contribution in [1.29, 1.82) is 0 Å². The van der Waals surface area contributed by atoms with Crippen LogP contribution in [0.25, 0.3) is 0 Å². The van der Waals surface area contributed by atoms with E-state index in [2.05, 4.69) is 39.7 Å². The highest BCUT2D eigenvalue weighted by Crippen LogP contribution is 2.38. The molecule has 6 amide bonds. The summed E-state index contributed by atoms with van der Waals surface area (Å²) >= 11 is 6.04. The molecule has 7 rings (SSSR count). The number of carboxylic acids is 1. The van der Waals surface area contributed by atoms with Crippen molar-refractivity contribution in [2.45, 2.75) is 94.6 Å². The number of sulfonamides is 2. The molecule has 0 radical (unpaired) electrons. The van der Waals surface area contributed by atoms with Gasteiger partial charge in [0.2, 0.25) is 23.7 Å². The van der Waals surface area contributed by atoms with Gasteiger partial charge in [-0.3, -0.25) is 15.4 Å². The van der Waals surface area contributed by atoms with Crippen molar-refractivity contribution in [2.24, 2.45) is 0 Å². The third-order valence-corrected chi connectivity index (χ3v) is 13.4. The summed E-state index contributed by atoms with van der Waals surface area (Å²) in [6.45, 7) is -2.04. The molecule has 1 saturated carbocycles. The van der Waals surface area contributed by atoms with Gasteiger partial charge in [0.15, 0.2) is 5.76 Å². The number of urea groups is 2. The standard InChI is InChI=1S/C17H17ClFNO4.C15H16F3N5O4S.C14H10F4N4O7S/c1-9(2)15-16(21)20(17(22)24-15)13-8-14(11(18)7-12(13)19)23-10-5-3-4-6-10;1-9-19-12(22-14(20-9)27-2)21-13(24)23-28(25,26)11-6-4-3-5-10(11)7-8-15(16,17)18;15-11(16)28-8-5-9(29-12(17)18)20-13(19-8)21-14(25)22-30(26,27)7-4-2-1-3-6(7)10(23)24/h7-8,10H,3-6H2,1-2H3;3-6H,7-8H2,1-2H3,(H2,19,20,21,22,23,24);1-5,11-12H,(H,23,24)(H2,19,20,21,22,25). The number of imide groups is 1. The second-order valence-corrected chi connectivity index (χ2v) is 20.3. The lowest BCUT2D eigenvalue weighted by Crippen LogP contribution is -2.35. The van der Waals surface area contributed by atoms with Crippen molar-refractivity contribution < 1.29 is 105 Å². The average molecular weight is 1230 g/mol. The van der Waals surface area contributed by atoms with Gasteiger partial charge in [0.1, 0.15) is 22.3 Å². The predicted octanol–water partition coefficient (Wildman–Crippen LogP) is 8.66. The van der Waals surface area contributed by atoms with Gasteiger partial charge >= 0.3 is 55.4 Å². The van der Waals surface area contributed by atoms with Crippen molar-refractivity contribution in [1.82, 2.24) is 34.4 Å². The minimum absolute atomic E-state index is 0.00962. The maximum absolute atomic E-state index is 14.3. The molecule has 5 aromatic rings. The number of aryl methyl sites for hydroxylation is 2. The van der Waals surface area contributed by atoms with Gasteiger partial charge in [-0.15, -0.1) is 0 Å². The summed E-state index contributed by atoms with van der Waals surface area (Å²) in [6.07, 6.45) is -3.20. The van der Waals surface area contributed by atoms with Crippen LogP contribution in [0.1, 0.15) is 67.7 Å². The van der Waals surface area contributed by atoms with Crippen LogP contribution in [-0.4, -0.2) is 110 Å². The molecule has 1 saturated heterocycles. The van der Waals surface area contributed by atoms with Crippen molar-refractivity contribution in [3.05, 3.63) is 106 Å². The third-order valence-electron chi connectivity index (χ3n) is 10.3. The van der Waals surface area contributed by atoms with E-state index in [1.165, 1.54) is 55.2 Å². The van der Waals surface area contributed by atoms with E-state index >= 15 is 0 Å². The zero-order chi connectivity index (χ0) is 60.9. The van der Waals surface area contributed by atoms with Crippen molar-refractivity contribution in [3.8, 4) is 23.5 Å². The largest absolute Gasteiger partial charge is 0.489 e. The topological polar surface area (TPSA) is 336 Å². The van der Waals surface area contributed by atoms with E-state index in [0.717, 1.165) is 49.9 Å². The number of aromatic nitrogens is 5. The molecule has 0 spiro atoms. The van der Waals surface area contributed by atoms with Crippen molar-refractivity contribution in [2.75, 3.05) is 22.6 Å². The number of aromatic carboxylic acids is 1. The normalized spacial score (nSPS) is 13.5. The zero-order valence-electron chi connectivity index (χ0n) is 42.4. The Labute approximate surface area is 463 Å². The van der Waals surface area contributed by atoms with Gasteiger partial charge in [-0.25, -0.2) is 54.7 Å². The van der Waals surface area contributed by atoms with E-state index in [1.807, 2.05) is 0 Å². The van der Waals surface area contributed by atoms with Crippen molar-refractivity contribution >= 4 is 79.3 Å². The average Bonchev–Trinajstić information content (AvgIpc) is 4.10. The third kappa shape index (κ3) is 18.4. The number of hydrogen-bond donors (Lipinski definition) is 5. The highest BCUT2D eigenvalue weighted by Gasteiger charge is 2.40. The molecule has 3 aromatic carbocycles. The highest BCUT2D eigenvalue weighted by atomic mass is 35.5. The quantitative estimate of drug-likeness (QED) is 0.0429. The first-order chi connectivity index (χ1) is 38.4. The number of anilines is 3. The fourth-order valence-electron chi connectivity index (χ4n) is 6.95. The number of benzene rings is 3. The number of halogens is 9. The Morgan fingerprint density at radius 2 is 1.34 bits per heavy atom. The van der Waals surface area contributed by atoms with Crippen LogP contribution in [0, 0.1) is 12.7 Å². The Hall–Kier alpha value is -8.73. The second kappa shape index (κ2) is 27.6. The first-order valence-electron chi connectivity index (χ1n) is 23.0. The molecular formula is C46H43ClF8N10O15S2. The number of carboxylic acid groups (broad SMARTS) is 1. The number of nitrogens with zero attached hydrogens (tertiary/aromatic N) is 6. The summed E-state index contributed by atoms with van der Waals surface area (Å²) in [5.74, 6) is -5.83. The van der Waals surface area contributed by atoms with Crippen LogP contribution in [-0.2, 0) is 36.0 Å². The summed E-state index contributed by atoms with van der Waals surface area (Å²) in [6, 6.07) is 9.36. The molecule has 442 valence electrons. The Morgan fingerprint density at radius 3 is 1.87 bits per heavy atom. The maximum atomic E-state index is 14.3. The van der Waals surface area contributed by atoms with Crippen LogP contribution in [0.4, 0.5) is 67.1 Å². The van der Waals surface area contributed by atoms with Gasteiger partial charge in [-0.05, 0) is 88.3 Å². The van der Waals surface area contributed by atoms with Crippen LogP contribution in [0.2, 0.25) is 5.02 Å². The van der Waals surface area contributed by atoms with Crippen LogP contribution >= 0.6 is 11.6 Å². The lowest BCUT2D eigenvalue weighted by Gasteiger charge is -2.18. The number of ether oxygens (including phenoxy) is 5. The number of carbonyl (C=O) groups excluding carboxylic acids is 4. The fourth-order valence-corrected chi connectivity index (χ4v) is 9.43. The van der Waals surface area contributed by atoms with Gasteiger partial charge in [-0.1, -0.05) is 41.9 Å². The number of methoxy groups -OCH3 is 1. The molecular weight excluding hydrogens is 1180 g/mol. The lowest BCUT2D eigenvalue weighted by molar-refractivity contribution is -0.134. The van der Waals surface area contributed by atoms with Crippen molar-refractivity contribution in [3.63, 3.8) is 0 Å². The lowest BCUT2D eigenvalue weighted by atomic mass is 10.1. The van der Waals surface area contributed by atoms with E-state index in [-0.39, 0.29) is 51.7 Å². The number of amides is 6. The van der Waals surface area contributed by atoms with Gasteiger partial charge in [0, 0.05) is 12.5 Å². The maximum Gasteiger partial charge on any atom is 0.427 e. The number of alkyl halides is 7. The molecule has 36 heteroatoms. The minimum Gasteiger partial charge on any atom is -0.489 e. The van der Waals surface area contributed by atoms with E-state index in [9.17, 15) is 75.9 Å². The molecule has 2 fully saturated rings. The molecule has 1 aliphatic carbocycles. The van der Waals surface area contributed by atoms with Gasteiger partial charge in [0.05, 0.1) is 40.4 Å². The van der Waals surface area contributed by atoms with Gasteiger partial charge in [-0.2, -0.15) is 55.7 Å². The smallest absolute Gasteiger partial charge is 0.427 e. The molecule has 2 aromatic heterocycles. The van der Waals surface area contributed by atoms with Gasteiger partial charge in [0.25, 0.3) is 20.0 Å². The first-order valence-corrected chi connectivity index (χ1v) is 26.3. The number of nitrogens with one attached hydrogen (secondary N) is 4. The highest BCUT2D eigenvalue weighted by molar-refractivity contribution is 7.90. The molecule has 1 aliphatic heterocycles.